The lowest BCUT2D eigenvalue weighted by Crippen LogP contribution is -2.68. The lowest BCUT2D eigenvalue weighted by Gasteiger charge is -2.69. The van der Waals surface area contributed by atoms with Crippen molar-refractivity contribution in [3.63, 3.8) is 0 Å². The van der Waals surface area contributed by atoms with Crippen molar-refractivity contribution in [2.45, 2.75) is 91.3 Å². The van der Waals surface area contributed by atoms with E-state index < -0.39 is 5.60 Å². The monoisotopic (exact) mass is 442 g/mol. The van der Waals surface area contributed by atoms with Crippen molar-refractivity contribution in [2.24, 2.45) is 34.0 Å². The molecule has 5 nitrogen and oxygen atoms in total. The number of rotatable bonds is 1. The third-order valence-corrected chi connectivity index (χ3v) is 10.9. The SMILES string of the molecule is C[C@H]1CC[C@H]2[C@@]3(C)CC[C@H](O)C(C)(C)[C@@H]3CC[C@]2(C)[C@]12Cc1c(O)c(O)cc(C=O)c1O2. The predicted octanol–water partition coefficient (Wildman–Crippen LogP) is 5.23. The molecule has 32 heavy (non-hydrogen) atoms. The fourth-order valence-corrected chi connectivity index (χ4v) is 9.07. The lowest BCUT2D eigenvalue weighted by molar-refractivity contribution is -0.238. The molecule has 7 atom stereocenters. The number of hydrogen-bond acceptors (Lipinski definition) is 5. The minimum atomic E-state index is -0.518. The van der Waals surface area contributed by atoms with Crippen LogP contribution in [0.2, 0.25) is 0 Å². The molecule has 1 spiro atoms. The van der Waals surface area contributed by atoms with Gasteiger partial charge in [-0.05, 0) is 73.2 Å². The average molecular weight is 443 g/mol. The number of benzene rings is 1. The highest BCUT2D eigenvalue weighted by atomic mass is 16.5. The summed E-state index contributed by atoms with van der Waals surface area (Å²) in [4.78, 5) is 11.8. The van der Waals surface area contributed by atoms with Crippen LogP contribution < -0.4 is 4.74 Å². The molecule has 0 amide bonds. The van der Waals surface area contributed by atoms with Gasteiger partial charge in [-0.15, -0.1) is 0 Å². The maximum Gasteiger partial charge on any atom is 0.164 e. The van der Waals surface area contributed by atoms with Crippen LogP contribution >= 0.6 is 0 Å². The summed E-state index contributed by atoms with van der Waals surface area (Å²) in [5.41, 5.74) is 0.238. The third-order valence-electron chi connectivity index (χ3n) is 10.9. The van der Waals surface area contributed by atoms with Crippen molar-refractivity contribution < 1.29 is 24.9 Å². The van der Waals surface area contributed by atoms with Gasteiger partial charge in [-0.25, -0.2) is 0 Å². The Morgan fingerprint density at radius 1 is 1.03 bits per heavy atom. The average Bonchev–Trinajstić information content (AvgIpc) is 3.15. The van der Waals surface area contributed by atoms with Crippen molar-refractivity contribution in [3.8, 4) is 17.2 Å². The topological polar surface area (TPSA) is 87.0 Å². The standard InChI is InChI=1S/C27H38O5/c1-15-6-7-20-25(4)10-9-21(30)24(2,3)19(25)8-11-26(20,5)27(15)13-17-22(31)18(29)12-16(14-28)23(17)32-27/h12,14-15,19-21,29-31H,6-11,13H2,1-5H3/t15-,19-,20-,21-,25-,26-,27-/m0/s1. The van der Waals surface area contributed by atoms with Crippen molar-refractivity contribution in [1.29, 1.82) is 0 Å². The van der Waals surface area contributed by atoms with Crippen LogP contribution in [0.4, 0.5) is 0 Å². The molecule has 0 saturated heterocycles. The van der Waals surface area contributed by atoms with E-state index in [2.05, 4.69) is 34.6 Å². The first-order valence-corrected chi connectivity index (χ1v) is 12.3. The summed E-state index contributed by atoms with van der Waals surface area (Å²) in [6, 6.07) is 1.32. The maximum absolute atomic E-state index is 11.8. The summed E-state index contributed by atoms with van der Waals surface area (Å²) in [7, 11) is 0. The number of aliphatic hydroxyl groups is 1. The molecule has 5 heteroatoms. The van der Waals surface area contributed by atoms with Gasteiger partial charge in [0, 0.05) is 17.4 Å². The van der Waals surface area contributed by atoms with Gasteiger partial charge in [0.05, 0.1) is 11.7 Å². The van der Waals surface area contributed by atoms with Crippen LogP contribution in [0.1, 0.15) is 89.1 Å². The summed E-state index contributed by atoms with van der Waals surface area (Å²) in [5.74, 6) is 1.20. The van der Waals surface area contributed by atoms with Crippen molar-refractivity contribution in [3.05, 3.63) is 17.2 Å². The molecule has 0 aromatic heterocycles. The van der Waals surface area contributed by atoms with Gasteiger partial charge in [-0.3, -0.25) is 4.79 Å². The van der Waals surface area contributed by atoms with E-state index in [-0.39, 0.29) is 39.8 Å². The zero-order valence-electron chi connectivity index (χ0n) is 20.1. The first-order chi connectivity index (χ1) is 14.9. The molecule has 1 aromatic carbocycles. The van der Waals surface area contributed by atoms with Crippen LogP contribution in [-0.2, 0) is 6.42 Å². The van der Waals surface area contributed by atoms with E-state index >= 15 is 0 Å². The van der Waals surface area contributed by atoms with Crippen LogP contribution in [-0.4, -0.2) is 33.3 Å². The predicted molar refractivity (Wildman–Crippen MR) is 122 cm³/mol. The summed E-state index contributed by atoms with van der Waals surface area (Å²) >= 11 is 0. The number of carbonyl (C=O) groups is 1. The Kier molecular flexibility index (Phi) is 4.58. The maximum atomic E-state index is 11.8. The van der Waals surface area contributed by atoms with E-state index in [0.29, 0.717) is 41.4 Å². The van der Waals surface area contributed by atoms with Gasteiger partial charge in [0.2, 0.25) is 0 Å². The van der Waals surface area contributed by atoms with Gasteiger partial charge in [-0.1, -0.05) is 34.6 Å². The Hall–Kier alpha value is -1.75. The summed E-state index contributed by atoms with van der Waals surface area (Å²) in [5, 5.41) is 31.7. The Balaban J connectivity index is 1.62. The zero-order chi connectivity index (χ0) is 23.3. The third kappa shape index (κ3) is 2.47. The molecular formula is C27H38O5. The molecule has 3 saturated carbocycles. The highest BCUT2D eigenvalue weighted by molar-refractivity contribution is 5.83. The van der Waals surface area contributed by atoms with Crippen LogP contribution in [0.3, 0.4) is 0 Å². The molecular weight excluding hydrogens is 404 g/mol. The molecule has 1 aromatic rings. The number of ether oxygens (including phenoxy) is 1. The number of fused-ring (bicyclic) bond motifs is 5. The molecule has 5 rings (SSSR count). The van der Waals surface area contributed by atoms with Crippen LogP contribution in [0.25, 0.3) is 0 Å². The van der Waals surface area contributed by atoms with Gasteiger partial charge < -0.3 is 20.1 Å². The van der Waals surface area contributed by atoms with E-state index in [1.807, 2.05) is 0 Å². The first-order valence-electron chi connectivity index (χ1n) is 12.3. The number of phenolic OH excluding ortho intramolecular Hbond substituents is 2. The minimum absolute atomic E-state index is 0.110. The number of aliphatic hydroxyl groups excluding tert-OH is 1. The Morgan fingerprint density at radius 2 is 1.75 bits per heavy atom. The van der Waals surface area contributed by atoms with E-state index in [1.165, 1.54) is 6.07 Å². The van der Waals surface area contributed by atoms with Gasteiger partial charge in [0.1, 0.15) is 11.4 Å². The Labute approximate surface area is 191 Å². The van der Waals surface area contributed by atoms with Gasteiger partial charge in [0.25, 0.3) is 0 Å². The van der Waals surface area contributed by atoms with Crippen molar-refractivity contribution in [1.82, 2.24) is 0 Å². The molecule has 1 aliphatic heterocycles. The highest BCUT2D eigenvalue weighted by Crippen LogP contribution is 2.72. The molecule has 4 aliphatic rings. The summed E-state index contributed by atoms with van der Waals surface area (Å²) in [6.07, 6.45) is 7.03. The fraction of sp³-hybridized carbons (Fsp3) is 0.741. The van der Waals surface area contributed by atoms with Crippen molar-refractivity contribution >= 4 is 6.29 Å². The number of aldehydes is 1. The van der Waals surface area contributed by atoms with Crippen molar-refractivity contribution in [2.75, 3.05) is 0 Å². The second kappa shape index (κ2) is 6.65. The van der Waals surface area contributed by atoms with Crippen LogP contribution in [0.5, 0.6) is 17.2 Å². The molecule has 3 aliphatic carbocycles. The van der Waals surface area contributed by atoms with Gasteiger partial charge >= 0.3 is 0 Å². The number of phenols is 2. The van der Waals surface area contributed by atoms with Crippen LogP contribution in [0.15, 0.2) is 6.07 Å². The number of aromatic hydroxyl groups is 2. The number of hydrogen-bond donors (Lipinski definition) is 3. The summed E-state index contributed by atoms with van der Waals surface area (Å²) in [6.45, 7) is 11.5. The normalized spacial score (nSPS) is 44.3. The van der Waals surface area contributed by atoms with E-state index in [1.54, 1.807) is 0 Å². The molecule has 3 N–H and O–H groups in total. The largest absolute Gasteiger partial charge is 0.504 e. The summed E-state index contributed by atoms with van der Waals surface area (Å²) < 4.78 is 6.82. The zero-order valence-corrected chi connectivity index (χ0v) is 20.1. The molecule has 1 heterocycles. The van der Waals surface area contributed by atoms with E-state index in [0.717, 1.165) is 38.5 Å². The second-order valence-electron chi connectivity index (χ2n) is 12.3. The molecule has 3 fully saturated rings. The van der Waals surface area contributed by atoms with E-state index in [4.69, 9.17) is 4.74 Å². The molecule has 0 radical (unpaired) electrons. The van der Waals surface area contributed by atoms with Gasteiger partial charge in [0.15, 0.2) is 17.8 Å². The molecule has 0 unspecified atom stereocenters. The molecule has 0 bridgehead atoms. The molecule has 176 valence electrons. The highest BCUT2D eigenvalue weighted by Gasteiger charge is 2.70. The minimum Gasteiger partial charge on any atom is -0.504 e. The smallest absolute Gasteiger partial charge is 0.164 e. The van der Waals surface area contributed by atoms with Gasteiger partial charge in [-0.2, -0.15) is 0 Å². The second-order valence-corrected chi connectivity index (χ2v) is 12.3. The first kappa shape index (κ1) is 22.1. The fourth-order valence-electron chi connectivity index (χ4n) is 9.07. The number of carbonyl (C=O) groups excluding carboxylic acids is 1. The van der Waals surface area contributed by atoms with Crippen LogP contribution in [0, 0.1) is 34.0 Å². The Bertz CT molecular complexity index is 969. The quantitative estimate of drug-likeness (QED) is 0.409. The van der Waals surface area contributed by atoms with E-state index in [9.17, 15) is 20.1 Å². The lowest BCUT2D eigenvalue weighted by atomic mass is 9.37. The Morgan fingerprint density at radius 3 is 2.44 bits per heavy atom.